The summed E-state index contributed by atoms with van der Waals surface area (Å²) in [5.74, 6) is 0.648. The molecule has 0 saturated carbocycles. The molecule has 1 aromatic rings. The summed E-state index contributed by atoms with van der Waals surface area (Å²) in [7, 11) is 1.63. The lowest BCUT2D eigenvalue weighted by atomic mass is 10.1. The molecule has 94 valence electrons. The Kier molecular flexibility index (Phi) is 4.22. The third kappa shape index (κ3) is 3.75. The van der Waals surface area contributed by atoms with Gasteiger partial charge in [0.2, 0.25) is 0 Å². The fourth-order valence-corrected chi connectivity index (χ4v) is 2.64. The zero-order valence-corrected chi connectivity index (χ0v) is 11.7. The van der Waals surface area contributed by atoms with Crippen LogP contribution < -0.4 is 4.74 Å². The Morgan fingerprint density at radius 1 is 1.35 bits per heavy atom. The number of ether oxygens (including phenoxy) is 1. The first-order valence-corrected chi connectivity index (χ1v) is 7.36. The molecule has 1 aromatic carbocycles. The minimum absolute atomic E-state index is 0.124. The van der Waals surface area contributed by atoms with Crippen molar-refractivity contribution in [1.29, 1.82) is 0 Å². The maximum atomic E-state index is 11.3. The molecule has 0 N–H and O–H groups in total. The van der Waals surface area contributed by atoms with Crippen LogP contribution in [0.5, 0.6) is 5.75 Å². The number of aryl methyl sites for hydroxylation is 2. The summed E-state index contributed by atoms with van der Waals surface area (Å²) < 4.78 is 28.1. The standard InChI is InChI=1S/C12H15ClO3S/c1-8(2)7-16-11-5-10(4)12(6-9(11)3)17(13,14)15/h5-6H,1,7H2,2-4H3. The topological polar surface area (TPSA) is 43.4 Å². The van der Waals surface area contributed by atoms with E-state index in [1.807, 2.05) is 6.92 Å². The largest absolute Gasteiger partial charge is 0.489 e. The van der Waals surface area contributed by atoms with Gasteiger partial charge in [0.05, 0.1) is 4.90 Å². The average Bonchev–Trinajstić information content (AvgIpc) is 2.17. The Bertz CT molecular complexity index is 547. The van der Waals surface area contributed by atoms with Crippen LogP contribution in [0.25, 0.3) is 0 Å². The molecule has 3 nitrogen and oxygen atoms in total. The Hall–Kier alpha value is -1.00. The molecule has 5 heteroatoms. The van der Waals surface area contributed by atoms with E-state index in [2.05, 4.69) is 6.58 Å². The zero-order valence-electron chi connectivity index (χ0n) is 10.1. The van der Waals surface area contributed by atoms with Crippen LogP contribution in [0.4, 0.5) is 0 Å². The van der Waals surface area contributed by atoms with Crippen LogP contribution in [0, 0.1) is 13.8 Å². The zero-order chi connectivity index (χ0) is 13.2. The van der Waals surface area contributed by atoms with E-state index in [1.165, 1.54) is 6.07 Å². The van der Waals surface area contributed by atoms with Crippen molar-refractivity contribution in [3.8, 4) is 5.75 Å². The van der Waals surface area contributed by atoms with E-state index < -0.39 is 9.05 Å². The van der Waals surface area contributed by atoms with Gasteiger partial charge in [0.25, 0.3) is 9.05 Å². The Balaban J connectivity index is 3.14. The van der Waals surface area contributed by atoms with Gasteiger partial charge in [-0.3, -0.25) is 0 Å². The summed E-state index contributed by atoms with van der Waals surface area (Å²) in [5.41, 5.74) is 2.20. The monoisotopic (exact) mass is 274 g/mol. The fraction of sp³-hybridized carbons (Fsp3) is 0.333. The number of rotatable bonds is 4. The first-order valence-electron chi connectivity index (χ1n) is 5.05. The molecule has 0 heterocycles. The van der Waals surface area contributed by atoms with Crippen LogP contribution in [-0.4, -0.2) is 15.0 Å². The van der Waals surface area contributed by atoms with E-state index in [4.69, 9.17) is 15.4 Å². The summed E-state index contributed by atoms with van der Waals surface area (Å²) in [6.07, 6.45) is 0. The summed E-state index contributed by atoms with van der Waals surface area (Å²) in [6.45, 7) is 9.47. The number of hydrogen-bond donors (Lipinski definition) is 0. The van der Waals surface area contributed by atoms with Gasteiger partial charge in [0, 0.05) is 10.7 Å². The van der Waals surface area contributed by atoms with Gasteiger partial charge in [-0.2, -0.15) is 0 Å². The molecule has 0 aromatic heterocycles. The van der Waals surface area contributed by atoms with Gasteiger partial charge >= 0.3 is 0 Å². The normalized spacial score (nSPS) is 11.3. The molecule has 0 aliphatic carbocycles. The second kappa shape index (κ2) is 5.10. The molecular formula is C12H15ClO3S. The molecule has 0 aliphatic rings. The molecule has 0 spiro atoms. The molecule has 1 rings (SSSR count). The molecule has 0 aliphatic heterocycles. The van der Waals surface area contributed by atoms with E-state index in [9.17, 15) is 8.42 Å². The number of benzene rings is 1. The van der Waals surface area contributed by atoms with Crippen LogP contribution in [0.15, 0.2) is 29.2 Å². The maximum absolute atomic E-state index is 11.3. The molecule has 0 saturated heterocycles. The molecule has 0 amide bonds. The minimum atomic E-state index is -3.70. The summed E-state index contributed by atoms with van der Waals surface area (Å²) in [5, 5.41) is 0. The van der Waals surface area contributed by atoms with Crippen molar-refractivity contribution < 1.29 is 13.2 Å². The number of halogens is 1. The van der Waals surface area contributed by atoms with E-state index in [0.29, 0.717) is 17.9 Å². The van der Waals surface area contributed by atoms with Crippen molar-refractivity contribution in [2.75, 3.05) is 6.61 Å². The van der Waals surface area contributed by atoms with Crippen molar-refractivity contribution in [2.45, 2.75) is 25.7 Å². The smallest absolute Gasteiger partial charge is 0.261 e. The summed E-state index contributed by atoms with van der Waals surface area (Å²) in [4.78, 5) is 0.124. The fourth-order valence-electron chi connectivity index (χ4n) is 1.38. The van der Waals surface area contributed by atoms with Gasteiger partial charge in [-0.05, 0) is 49.6 Å². The third-order valence-electron chi connectivity index (χ3n) is 2.21. The van der Waals surface area contributed by atoms with Crippen LogP contribution in [0.3, 0.4) is 0 Å². The molecule has 0 fully saturated rings. The average molecular weight is 275 g/mol. The van der Waals surface area contributed by atoms with Crippen molar-refractivity contribution in [3.63, 3.8) is 0 Å². The van der Waals surface area contributed by atoms with Crippen LogP contribution in [0.1, 0.15) is 18.1 Å². The first-order chi connectivity index (χ1) is 7.71. The maximum Gasteiger partial charge on any atom is 0.261 e. The second-order valence-electron chi connectivity index (χ2n) is 4.07. The third-order valence-corrected chi connectivity index (χ3v) is 3.67. The predicted molar refractivity (Wildman–Crippen MR) is 69.3 cm³/mol. The van der Waals surface area contributed by atoms with Crippen molar-refractivity contribution in [3.05, 3.63) is 35.4 Å². The minimum Gasteiger partial charge on any atom is -0.489 e. The molecule has 17 heavy (non-hydrogen) atoms. The van der Waals surface area contributed by atoms with Crippen molar-refractivity contribution in [2.24, 2.45) is 0 Å². The van der Waals surface area contributed by atoms with Crippen LogP contribution in [-0.2, 0) is 9.05 Å². The predicted octanol–water partition coefficient (Wildman–Crippen LogP) is 3.19. The lowest BCUT2D eigenvalue weighted by Crippen LogP contribution is -2.02. The van der Waals surface area contributed by atoms with Gasteiger partial charge in [-0.1, -0.05) is 6.58 Å². The highest BCUT2D eigenvalue weighted by atomic mass is 35.7. The van der Waals surface area contributed by atoms with E-state index in [-0.39, 0.29) is 4.90 Å². The van der Waals surface area contributed by atoms with E-state index >= 15 is 0 Å². The van der Waals surface area contributed by atoms with Gasteiger partial charge in [0.15, 0.2) is 0 Å². The highest BCUT2D eigenvalue weighted by Crippen LogP contribution is 2.28. The molecular weight excluding hydrogens is 260 g/mol. The highest BCUT2D eigenvalue weighted by molar-refractivity contribution is 8.13. The van der Waals surface area contributed by atoms with Gasteiger partial charge in [-0.25, -0.2) is 8.42 Å². The quantitative estimate of drug-likeness (QED) is 0.626. The number of hydrogen-bond acceptors (Lipinski definition) is 3. The Morgan fingerprint density at radius 3 is 2.41 bits per heavy atom. The lowest BCUT2D eigenvalue weighted by Gasteiger charge is -2.12. The summed E-state index contributed by atoms with van der Waals surface area (Å²) >= 11 is 0. The van der Waals surface area contributed by atoms with E-state index in [0.717, 1.165) is 11.1 Å². The lowest BCUT2D eigenvalue weighted by molar-refractivity contribution is 0.349. The molecule has 0 unspecified atom stereocenters. The first kappa shape index (κ1) is 14.1. The van der Waals surface area contributed by atoms with E-state index in [1.54, 1.807) is 19.9 Å². The van der Waals surface area contributed by atoms with Gasteiger partial charge in [-0.15, -0.1) is 0 Å². The van der Waals surface area contributed by atoms with Gasteiger partial charge in [0.1, 0.15) is 12.4 Å². The Morgan fingerprint density at radius 2 is 1.94 bits per heavy atom. The second-order valence-corrected chi connectivity index (χ2v) is 6.60. The van der Waals surface area contributed by atoms with Crippen molar-refractivity contribution >= 4 is 19.7 Å². The Labute approximate surface area is 106 Å². The van der Waals surface area contributed by atoms with Crippen LogP contribution in [0.2, 0.25) is 0 Å². The summed E-state index contributed by atoms with van der Waals surface area (Å²) in [6, 6.07) is 3.19. The van der Waals surface area contributed by atoms with Crippen LogP contribution >= 0.6 is 10.7 Å². The van der Waals surface area contributed by atoms with Gasteiger partial charge < -0.3 is 4.74 Å². The highest BCUT2D eigenvalue weighted by Gasteiger charge is 2.15. The molecule has 0 bridgehead atoms. The van der Waals surface area contributed by atoms with Crippen molar-refractivity contribution in [1.82, 2.24) is 0 Å². The molecule has 0 radical (unpaired) electrons. The SMILES string of the molecule is C=C(C)COc1cc(C)c(S(=O)(=O)Cl)cc1C. The molecule has 0 atom stereocenters.